The van der Waals surface area contributed by atoms with Crippen molar-refractivity contribution in [3.05, 3.63) is 24.5 Å². The largest absolute Gasteiger partial charge is 0.484 e. The molecule has 0 bridgehead atoms. The number of halogens is 3. The van der Waals surface area contributed by atoms with Crippen LogP contribution in [0.3, 0.4) is 0 Å². The van der Waals surface area contributed by atoms with E-state index in [9.17, 15) is 12.9 Å². The highest BCUT2D eigenvalue weighted by Gasteiger charge is 2.42. The summed E-state index contributed by atoms with van der Waals surface area (Å²) < 4.78 is 36.6. The molecule has 2 nitrogen and oxygen atoms in total. The van der Waals surface area contributed by atoms with Crippen LogP contribution in [0.15, 0.2) is 24.5 Å². The number of hydrogen-bond donors (Lipinski definition) is 0. The number of pyridine rings is 1. The van der Waals surface area contributed by atoms with Crippen molar-refractivity contribution < 1.29 is 12.9 Å². The normalized spacial score (nSPS) is 18.1. The summed E-state index contributed by atoms with van der Waals surface area (Å²) in [5.74, 6) is -1.12. The van der Waals surface area contributed by atoms with Crippen LogP contribution in [-0.2, 0) is 0 Å². The van der Waals surface area contributed by atoms with Gasteiger partial charge in [-0.05, 0) is 31.0 Å². The zero-order valence-electron chi connectivity index (χ0n) is 7.41. The van der Waals surface area contributed by atoms with Crippen LogP contribution < -0.4 is 4.90 Å². The van der Waals surface area contributed by atoms with Crippen LogP contribution >= 0.6 is 0 Å². The zero-order chi connectivity index (χ0) is 10.2. The Morgan fingerprint density at radius 2 is 2.07 bits per heavy atom. The van der Waals surface area contributed by atoms with E-state index in [1.54, 1.807) is 29.4 Å². The van der Waals surface area contributed by atoms with Crippen LogP contribution in [0.25, 0.3) is 0 Å². The van der Waals surface area contributed by atoms with E-state index in [0.717, 1.165) is 5.69 Å². The first kappa shape index (κ1) is 9.36. The third-order valence-corrected chi connectivity index (χ3v) is 2.46. The van der Waals surface area contributed by atoms with Crippen molar-refractivity contribution in [2.75, 3.05) is 18.0 Å². The number of nitrogens with zero attached hydrogens (tertiary/aromatic N) is 2. The lowest BCUT2D eigenvalue weighted by Crippen LogP contribution is -2.51. The fourth-order valence-electron chi connectivity index (χ4n) is 1.50. The predicted molar refractivity (Wildman–Crippen MR) is 49.3 cm³/mol. The molecule has 6 heteroatoms. The highest BCUT2D eigenvalue weighted by atomic mass is 19.4. The average molecular weight is 201 g/mol. The van der Waals surface area contributed by atoms with E-state index < -0.39 is 12.8 Å². The molecule has 1 aromatic heterocycles. The Balaban J connectivity index is 1.96. The molecule has 1 aliphatic heterocycles. The number of rotatable bonds is 2. The molecule has 14 heavy (non-hydrogen) atoms. The maximum atomic E-state index is 12.2. The second-order valence-corrected chi connectivity index (χ2v) is 3.50. The molecule has 0 aliphatic carbocycles. The number of hydrogen-bond acceptors (Lipinski definition) is 2. The Morgan fingerprint density at radius 1 is 1.36 bits per heavy atom. The summed E-state index contributed by atoms with van der Waals surface area (Å²) in [5.41, 5.74) is 0.767. The summed E-state index contributed by atoms with van der Waals surface area (Å²) in [7, 11) is 0. The van der Waals surface area contributed by atoms with Crippen molar-refractivity contribution in [2.24, 2.45) is 0 Å². The van der Waals surface area contributed by atoms with E-state index in [1.807, 2.05) is 0 Å². The highest BCUT2D eigenvalue weighted by molar-refractivity contribution is 6.60. The molecule has 2 heterocycles. The van der Waals surface area contributed by atoms with E-state index in [4.69, 9.17) is 0 Å². The van der Waals surface area contributed by atoms with Gasteiger partial charge in [0.2, 0.25) is 0 Å². The molecule has 1 aliphatic rings. The van der Waals surface area contributed by atoms with Crippen molar-refractivity contribution in [3.63, 3.8) is 0 Å². The molecule has 0 N–H and O–H groups in total. The third kappa shape index (κ3) is 1.69. The van der Waals surface area contributed by atoms with Gasteiger partial charge in [-0.15, -0.1) is 0 Å². The SMILES string of the molecule is F[B-](F)(F)C1CN(c2cccnc2)C1. The molecule has 1 aromatic rings. The molecule has 76 valence electrons. The van der Waals surface area contributed by atoms with E-state index in [2.05, 4.69) is 4.98 Å². The van der Waals surface area contributed by atoms with Crippen molar-refractivity contribution in [1.29, 1.82) is 0 Å². The second-order valence-electron chi connectivity index (χ2n) is 3.50. The minimum atomic E-state index is -4.67. The Hall–Kier alpha value is -1.20. The van der Waals surface area contributed by atoms with Crippen molar-refractivity contribution in [1.82, 2.24) is 4.98 Å². The maximum absolute atomic E-state index is 12.2. The first-order valence-corrected chi connectivity index (χ1v) is 4.42. The van der Waals surface area contributed by atoms with E-state index in [1.165, 1.54) is 0 Å². The fraction of sp³-hybridized carbons (Fsp3) is 0.375. The average Bonchev–Trinajstić information content (AvgIpc) is 2.00. The lowest BCUT2D eigenvalue weighted by molar-refractivity contribution is 0.398. The summed E-state index contributed by atoms with van der Waals surface area (Å²) in [4.78, 5) is 5.54. The predicted octanol–water partition coefficient (Wildman–Crippen LogP) is 2.12. The van der Waals surface area contributed by atoms with Crippen LogP contribution in [0.2, 0.25) is 5.82 Å². The molecule has 0 unspecified atom stereocenters. The molecule has 1 saturated heterocycles. The van der Waals surface area contributed by atoms with Gasteiger partial charge in [-0.1, -0.05) is 0 Å². The van der Waals surface area contributed by atoms with Gasteiger partial charge < -0.3 is 17.8 Å². The maximum Gasteiger partial charge on any atom is 0.484 e. The monoisotopic (exact) mass is 201 g/mol. The van der Waals surface area contributed by atoms with Crippen molar-refractivity contribution >= 4 is 12.7 Å². The van der Waals surface area contributed by atoms with Crippen LogP contribution in [0.5, 0.6) is 0 Å². The van der Waals surface area contributed by atoms with Gasteiger partial charge >= 0.3 is 6.98 Å². The zero-order valence-corrected chi connectivity index (χ0v) is 7.41. The lowest BCUT2D eigenvalue weighted by Gasteiger charge is -2.45. The van der Waals surface area contributed by atoms with Gasteiger partial charge in [0.15, 0.2) is 0 Å². The second kappa shape index (κ2) is 3.18. The Bertz CT molecular complexity index is 308. The topological polar surface area (TPSA) is 16.1 Å². The first-order valence-electron chi connectivity index (χ1n) is 4.42. The van der Waals surface area contributed by atoms with Crippen LogP contribution in [0.4, 0.5) is 18.6 Å². The molecule has 0 aromatic carbocycles. The lowest BCUT2D eigenvalue weighted by atomic mass is 9.68. The van der Waals surface area contributed by atoms with Gasteiger partial charge in [-0.3, -0.25) is 4.98 Å². The Morgan fingerprint density at radius 3 is 2.57 bits per heavy atom. The molecule has 0 atom stereocenters. The number of aromatic nitrogens is 1. The van der Waals surface area contributed by atoms with Gasteiger partial charge in [0, 0.05) is 6.20 Å². The van der Waals surface area contributed by atoms with Gasteiger partial charge in [0.1, 0.15) is 0 Å². The van der Waals surface area contributed by atoms with Gasteiger partial charge in [0.05, 0.1) is 11.9 Å². The van der Waals surface area contributed by atoms with Crippen molar-refractivity contribution in [3.8, 4) is 0 Å². The quantitative estimate of drug-likeness (QED) is 0.681. The summed E-state index contributed by atoms with van der Waals surface area (Å²) >= 11 is 0. The molecule has 0 spiro atoms. The minimum absolute atomic E-state index is 0.0786. The smallest absolute Gasteiger partial charge is 0.449 e. The molecule has 2 rings (SSSR count). The Kier molecular flexibility index (Phi) is 2.13. The molecule has 1 fully saturated rings. The molecule has 0 amide bonds. The summed E-state index contributed by atoms with van der Waals surface area (Å²) in [6.07, 6.45) is 3.19. The van der Waals surface area contributed by atoms with E-state index in [0.29, 0.717) is 0 Å². The summed E-state index contributed by atoms with van der Waals surface area (Å²) in [6.45, 7) is -4.51. The number of anilines is 1. The van der Waals surface area contributed by atoms with Gasteiger partial charge in [0.25, 0.3) is 0 Å². The molecular formula is C8H9BF3N2-. The standard InChI is InChI=1S/C8H9BF3N2/c10-9(11,12)7-5-14(6-7)8-2-1-3-13-4-8/h1-4,7H,5-6H2/q-1. The van der Waals surface area contributed by atoms with Crippen LogP contribution in [-0.4, -0.2) is 25.1 Å². The molecule has 0 saturated carbocycles. The van der Waals surface area contributed by atoms with Gasteiger partial charge in [-0.2, -0.15) is 0 Å². The minimum Gasteiger partial charge on any atom is -0.449 e. The van der Waals surface area contributed by atoms with Gasteiger partial charge in [-0.25, -0.2) is 0 Å². The fourth-order valence-corrected chi connectivity index (χ4v) is 1.50. The van der Waals surface area contributed by atoms with Crippen molar-refractivity contribution in [2.45, 2.75) is 5.82 Å². The Labute approximate surface area is 79.8 Å². The van der Waals surface area contributed by atoms with E-state index in [-0.39, 0.29) is 13.1 Å². The molecule has 0 radical (unpaired) electrons. The summed E-state index contributed by atoms with van der Waals surface area (Å²) in [6, 6.07) is 3.49. The van der Waals surface area contributed by atoms with E-state index >= 15 is 0 Å². The summed E-state index contributed by atoms with van der Waals surface area (Å²) in [5, 5.41) is 0. The molecular weight excluding hydrogens is 192 g/mol. The first-order chi connectivity index (χ1) is 6.57. The third-order valence-electron chi connectivity index (χ3n) is 2.46. The van der Waals surface area contributed by atoms with Crippen LogP contribution in [0.1, 0.15) is 0 Å². The van der Waals surface area contributed by atoms with Crippen LogP contribution in [0, 0.1) is 0 Å². The highest BCUT2D eigenvalue weighted by Crippen LogP contribution is 2.37.